The molecule has 6 N–H and O–H groups in total. The van der Waals surface area contributed by atoms with Gasteiger partial charge in [-0.1, -0.05) is 54.6 Å². The highest BCUT2D eigenvalue weighted by molar-refractivity contribution is 5.92. The van der Waals surface area contributed by atoms with Crippen molar-refractivity contribution in [3.63, 3.8) is 0 Å². The van der Waals surface area contributed by atoms with Gasteiger partial charge in [-0.2, -0.15) is 0 Å². The van der Waals surface area contributed by atoms with Crippen LogP contribution in [0.4, 0.5) is 0 Å². The van der Waals surface area contributed by atoms with Crippen LogP contribution in [0.5, 0.6) is 0 Å². The molecule has 2 atom stereocenters. The average molecular weight is 484 g/mol. The minimum Gasteiger partial charge on any atom is -0.481 e. The predicted molar refractivity (Wildman–Crippen MR) is 127 cm³/mol. The van der Waals surface area contributed by atoms with Crippen LogP contribution in [0.25, 0.3) is 11.1 Å². The fraction of sp³-hybridized carbons (Fsp3) is 0.320. The van der Waals surface area contributed by atoms with Crippen LogP contribution in [0.15, 0.2) is 54.6 Å². The lowest BCUT2D eigenvalue weighted by molar-refractivity contribution is -0.139. The first-order chi connectivity index (χ1) is 16.7. The summed E-state index contributed by atoms with van der Waals surface area (Å²) < 4.78 is 0. The molecule has 0 spiro atoms. The molecule has 0 heterocycles. The van der Waals surface area contributed by atoms with Gasteiger partial charge in [0.1, 0.15) is 12.1 Å². The van der Waals surface area contributed by atoms with E-state index in [1.807, 2.05) is 54.6 Å². The van der Waals surface area contributed by atoms with Crippen LogP contribution >= 0.6 is 0 Å². The fourth-order valence-electron chi connectivity index (χ4n) is 3.38. The SMILES string of the molecule is NC(=O)C(CCC(=O)O)NC(=O)C(CCC(=O)O)NC(=O)CCc1ccc(-c2ccccc2)cc1. The van der Waals surface area contributed by atoms with Crippen LogP contribution in [-0.4, -0.2) is 52.0 Å². The number of hydrogen-bond acceptors (Lipinski definition) is 5. The Kier molecular flexibility index (Phi) is 10.4. The number of amides is 3. The first-order valence-electron chi connectivity index (χ1n) is 11.1. The predicted octanol–water partition coefficient (Wildman–Crippen LogP) is 1.47. The standard InChI is InChI=1S/C25H29N3O7/c26-24(34)19(11-14-22(30)31)28-25(35)20(12-15-23(32)33)27-21(29)13-8-16-6-9-18(10-7-16)17-4-2-1-3-5-17/h1-7,9-10,19-20H,8,11-15H2,(H2,26,34)(H,27,29)(H,28,35)(H,30,31)(H,32,33). The van der Waals surface area contributed by atoms with Gasteiger partial charge in [-0.25, -0.2) is 0 Å². The summed E-state index contributed by atoms with van der Waals surface area (Å²) in [5.41, 5.74) is 8.25. The number of aliphatic carboxylic acids is 2. The summed E-state index contributed by atoms with van der Waals surface area (Å²) in [4.78, 5) is 58.4. The van der Waals surface area contributed by atoms with E-state index in [0.717, 1.165) is 16.7 Å². The second kappa shape index (κ2) is 13.5. The van der Waals surface area contributed by atoms with Crippen LogP contribution in [0.3, 0.4) is 0 Å². The Bertz CT molecular complexity index is 1040. The van der Waals surface area contributed by atoms with E-state index in [9.17, 15) is 24.0 Å². The Balaban J connectivity index is 1.96. The van der Waals surface area contributed by atoms with Gasteiger partial charge < -0.3 is 26.6 Å². The molecule has 0 aliphatic rings. The highest BCUT2D eigenvalue weighted by Crippen LogP contribution is 2.19. The molecule has 35 heavy (non-hydrogen) atoms. The van der Waals surface area contributed by atoms with Crippen LogP contribution in [-0.2, 0) is 30.4 Å². The number of benzene rings is 2. The Hall–Kier alpha value is -4.21. The van der Waals surface area contributed by atoms with Gasteiger partial charge >= 0.3 is 11.9 Å². The number of aryl methyl sites for hydroxylation is 1. The van der Waals surface area contributed by atoms with Crippen LogP contribution in [0.2, 0.25) is 0 Å². The van der Waals surface area contributed by atoms with Crippen molar-refractivity contribution in [2.24, 2.45) is 5.73 Å². The van der Waals surface area contributed by atoms with Crippen molar-refractivity contribution in [3.8, 4) is 11.1 Å². The van der Waals surface area contributed by atoms with Crippen molar-refractivity contribution < 1.29 is 34.2 Å². The fourth-order valence-corrected chi connectivity index (χ4v) is 3.38. The topological polar surface area (TPSA) is 176 Å². The summed E-state index contributed by atoms with van der Waals surface area (Å²) in [6, 6.07) is 15.1. The lowest BCUT2D eigenvalue weighted by Gasteiger charge is -2.21. The van der Waals surface area contributed by atoms with Crippen molar-refractivity contribution in [1.29, 1.82) is 0 Å². The molecule has 2 unspecified atom stereocenters. The molecule has 0 aliphatic heterocycles. The number of nitrogens with one attached hydrogen (secondary N) is 2. The van der Waals surface area contributed by atoms with Crippen LogP contribution in [0.1, 0.15) is 37.7 Å². The molecule has 186 valence electrons. The number of rotatable bonds is 14. The zero-order valence-corrected chi connectivity index (χ0v) is 19.1. The first kappa shape index (κ1) is 27.0. The summed E-state index contributed by atoms with van der Waals surface area (Å²) in [6.07, 6.45) is -0.770. The van der Waals surface area contributed by atoms with Gasteiger partial charge in [0.05, 0.1) is 0 Å². The van der Waals surface area contributed by atoms with E-state index in [4.69, 9.17) is 15.9 Å². The molecule has 10 nitrogen and oxygen atoms in total. The molecule has 3 amide bonds. The molecule has 2 rings (SSSR count). The Morgan fingerprint density at radius 1 is 0.714 bits per heavy atom. The third-order valence-electron chi connectivity index (χ3n) is 5.31. The van der Waals surface area contributed by atoms with E-state index in [1.54, 1.807) is 0 Å². The Morgan fingerprint density at radius 3 is 1.80 bits per heavy atom. The van der Waals surface area contributed by atoms with E-state index in [-0.39, 0.29) is 19.3 Å². The molecule has 0 fully saturated rings. The lowest BCUT2D eigenvalue weighted by atomic mass is 10.0. The minimum atomic E-state index is -1.26. The van der Waals surface area contributed by atoms with Gasteiger partial charge in [0, 0.05) is 19.3 Å². The molecular formula is C25H29N3O7. The molecule has 10 heteroatoms. The second-order valence-corrected chi connectivity index (χ2v) is 8.01. The minimum absolute atomic E-state index is 0.0554. The van der Waals surface area contributed by atoms with E-state index in [0.29, 0.717) is 6.42 Å². The Morgan fingerprint density at radius 2 is 1.26 bits per heavy atom. The highest BCUT2D eigenvalue weighted by Gasteiger charge is 2.26. The maximum Gasteiger partial charge on any atom is 0.303 e. The van der Waals surface area contributed by atoms with Crippen molar-refractivity contribution in [3.05, 3.63) is 60.2 Å². The number of carboxylic acids is 2. The van der Waals surface area contributed by atoms with Gasteiger partial charge in [0.25, 0.3) is 0 Å². The van der Waals surface area contributed by atoms with Crippen LogP contribution in [0, 0.1) is 0 Å². The average Bonchev–Trinajstić information content (AvgIpc) is 2.83. The van der Waals surface area contributed by atoms with Crippen molar-refractivity contribution in [2.45, 2.75) is 50.6 Å². The first-order valence-corrected chi connectivity index (χ1v) is 11.1. The monoisotopic (exact) mass is 483 g/mol. The van der Waals surface area contributed by atoms with Crippen molar-refractivity contribution >= 4 is 29.7 Å². The summed E-state index contributed by atoms with van der Waals surface area (Å²) >= 11 is 0. The maximum absolute atomic E-state index is 12.6. The number of carboxylic acid groups (broad SMARTS) is 2. The third kappa shape index (κ3) is 9.66. The molecule has 0 radical (unpaired) electrons. The van der Waals surface area contributed by atoms with Gasteiger partial charge in [-0.05, 0) is 36.0 Å². The number of hydrogen-bond donors (Lipinski definition) is 5. The van der Waals surface area contributed by atoms with Crippen molar-refractivity contribution in [2.75, 3.05) is 0 Å². The zero-order valence-electron chi connectivity index (χ0n) is 19.1. The molecule has 0 saturated heterocycles. The summed E-state index contributed by atoms with van der Waals surface area (Å²) in [5.74, 6) is -4.53. The zero-order chi connectivity index (χ0) is 25.8. The van der Waals surface area contributed by atoms with E-state index < -0.39 is 54.6 Å². The Labute approximate surface area is 202 Å². The molecule has 0 aliphatic carbocycles. The van der Waals surface area contributed by atoms with Gasteiger partial charge in [0.15, 0.2) is 0 Å². The molecule has 2 aromatic carbocycles. The number of carbonyl (C=O) groups excluding carboxylic acids is 3. The van der Waals surface area contributed by atoms with E-state index in [1.165, 1.54) is 0 Å². The maximum atomic E-state index is 12.6. The smallest absolute Gasteiger partial charge is 0.303 e. The largest absolute Gasteiger partial charge is 0.481 e. The summed E-state index contributed by atoms with van der Waals surface area (Å²) in [7, 11) is 0. The summed E-state index contributed by atoms with van der Waals surface area (Å²) in [5, 5.41) is 22.6. The van der Waals surface area contributed by atoms with Crippen LogP contribution < -0.4 is 16.4 Å². The second-order valence-electron chi connectivity index (χ2n) is 8.01. The van der Waals surface area contributed by atoms with E-state index >= 15 is 0 Å². The molecule has 0 saturated carbocycles. The molecular weight excluding hydrogens is 454 g/mol. The molecule has 0 aromatic heterocycles. The van der Waals surface area contributed by atoms with E-state index in [2.05, 4.69) is 10.6 Å². The number of nitrogens with two attached hydrogens (primary N) is 1. The third-order valence-corrected chi connectivity index (χ3v) is 5.31. The highest BCUT2D eigenvalue weighted by atomic mass is 16.4. The summed E-state index contributed by atoms with van der Waals surface area (Å²) in [6.45, 7) is 0. The van der Waals surface area contributed by atoms with Crippen molar-refractivity contribution in [1.82, 2.24) is 10.6 Å². The van der Waals surface area contributed by atoms with Gasteiger partial charge in [-0.3, -0.25) is 24.0 Å². The molecule has 0 bridgehead atoms. The number of carbonyl (C=O) groups is 5. The number of primary amides is 1. The lowest BCUT2D eigenvalue weighted by Crippen LogP contribution is -2.53. The normalized spacial score (nSPS) is 12.2. The quantitative estimate of drug-likeness (QED) is 0.270. The van der Waals surface area contributed by atoms with Gasteiger partial charge in [0.2, 0.25) is 17.7 Å². The molecule has 2 aromatic rings. The van der Waals surface area contributed by atoms with Gasteiger partial charge in [-0.15, -0.1) is 0 Å².